The van der Waals surface area contributed by atoms with Gasteiger partial charge in [-0.3, -0.25) is 0 Å². The SMILES string of the molecule is COc1cccc(CC2=C(C(=O)O)CCCC2)c1OC. The second-order valence-corrected chi connectivity index (χ2v) is 4.92. The Morgan fingerprint density at radius 2 is 1.95 bits per heavy atom. The van der Waals surface area contributed by atoms with Crippen LogP contribution in [0.3, 0.4) is 0 Å². The summed E-state index contributed by atoms with van der Waals surface area (Å²) in [5.41, 5.74) is 2.55. The topological polar surface area (TPSA) is 55.8 Å². The summed E-state index contributed by atoms with van der Waals surface area (Å²) >= 11 is 0. The molecule has 4 nitrogen and oxygen atoms in total. The minimum Gasteiger partial charge on any atom is -0.493 e. The normalized spacial score (nSPS) is 15.1. The van der Waals surface area contributed by atoms with E-state index >= 15 is 0 Å². The Labute approximate surface area is 119 Å². The molecular formula is C16H20O4. The van der Waals surface area contributed by atoms with Gasteiger partial charge < -0.3 is 14.6 Å². The zero-order valence-electron chi connectivity index (χ0n) is 11.9. The van der Waals surface area contributed by atoms with Crippen molar-refractivity contribution in [3.05, 3.63) is 34.9 Å². The molecule has 0 saturated carbocycles. The van der Waals surface area contributed by atoms with E-state index in [0.29, 0.717) is 29.9 Å². The molecule has 0 aliphatic heterocycles. The predicted octanol–water partition coefficient (Wildman–Crippen LogP) is 3.20. The number of hydrogen-bond acceptors (Lipinski definition) is 3. The molecule has 1 N–H and O–H groups in total. The van der Waals surface area contributed by atoms with Crippen LogP contribution in [0.15, 0.2) is 29.3 Å². The van der Waals surface area contributed by atoms with Gasteiger partial charge >= 0.3 is 5.97 Å². The number of rotatable bonds is 5. The predicted molar refractivity (Wildman–Crippen MR) is 76.4 cm³/mol. The molecule has 1 aromatic carbocycles. The van der Waals surface area contributed by atoms with Crippen molar-refractivity contribution >= 4 is 5.97 Å². The van der Waals surface area contributed by atoms with Gasteiger partial charge in [-0.2, -0.15) is 0 Å². The van der Waals surface area contributed by atoms with Crippen LogP contribution in [0.5, 0.6) is 11.5 Å². The Morgan fingerprint density at radius 3 is 2.60 bits per heavy atom. The zero-order chi connectivity index (χ0) is 14.5. The highest BCUT2D eigenvalue weighted by molar-refractivity contribution is 5.87. The maximum atomic E-state index is 11.3. The number of para-hydroxylation sites is 1. The molecule has 0 fully saturated rings. The van der Waals surface area contributed by atoms with Crippen LogP contribution in [0.4, 0.5) is 0 Å². The van der Waals surface area contributed by atoms with Gasteiger partial charge in [-0.05, 0) is 38.2 Å². The highest BCUT2D eigenvalue weighted by atomic mass is 16.5. The van der Waals surface area contributed by atoms with E-state index in [0.717, 1.165) is 30.4 Å². The number of benzene rings is 1. The van der Waals surface area contributed by atoms with E-state index in [1.165, 1.54) is 0 Å². The number of carboxylic acid groups (broad SMARTS) is 1. The summed E-state index contributed by atoms with van der Waals surface area (Å²) in [6.45, 7) is 0. The van der Waals surface area contributed by atoms with E-state index in [2.05, 4.69) is 0 Å². The van der Waals surface area contributed by atoms with Gasteiger partial charge in [-0.25, -0.2) is 4.79 Å². The molecule has 0 radical (unpaired) electrons. The molecule has 0 amide bonds. The van der Waals surface area contributed by atoms with Crippen molar-refractivity contribution in [1.29, 1.82) is 0 Å². The molecule has 108 valence electrons. The lowest BCUT2D eigenvalue weighted by molar-refractivity contribution is -0.133. The van der Waals surface area contributed by atoms with Crippen LogP contribution in [0.25, 0.3) is 0 Å². The Balaban J connectivity index is 2.36. The van der Waals surface area contributed by atoms with Crippen molar-refractivity contribution in [2.24, 2.45) is 0 Å². The van der Waals surface area contributed by atoms with Crippen molar-refractivity contribution in [2.75, 3.05) is 14.2 Å². The maximum absolute atomic E-state index is 11.3. The molecule has 0 unspecified atom stereocenters. The van der Waals surface area contributed by atoms with E-state index in [1.54, 1.807) is 14.2 Å². The van der Waals surface area contributed by atoms with Crippen molar-refractivity contribution in [2.45, 2.75) is 32.1 Å². The number of ether oxygens (including phenoxy) is 2. The molecule has 1 aliphatic rings. The lowest BCUT2D eigenvalue weighted by Crippen LogP contribution is -2.11. The van der Waals surface area contributed by atoms with E-state index in [-0.39, 0.29) is 0 Å². The molecule has 0 heterocycles. The molecule has 0 bridgehead atoms. The molecule has 2 rings (SSSR count). The van der Waals surface area contributed by atoms with Crippen LogP contribution in [0.1, 0.15) is 31.2 Å². The Morgan fingerprint density at radius 1 is 1.20 bits per heavy atom. The average molecular weight is 276 g/mol. The summed E-state index contributed by atoms with van der Waals surface area (Å²) in [6.07, 6.45) is 4.14. The van der Waals surface area contributed by atoms with Crippen LogP contribution in [-0.4, -0.2) is 25.3 Å². The minimum absolute atomic E-state index is 0.570. The quantitative estimate of drug-likeness (QED) is 0.897. The first-order valence-electron chi connectivity index (χ1n) is 6.81. The first-order valence-corrected chi connectivity index (χ1v) is 6.81. The number of methoxy groups -OCH3 is 2. The van der Waals surface area contributed by atoms with E-state index in [9.17, 15) is 9.90 Å². The van der Waals surface area contributed by atoms with Crippen molar-refractivity contribution in [3.8, 4) is 11.5 Å². The van der Waals surface area contributed by atoms with E-state index < -0.39 is 5.97 Å². The third kappa shape index (κ3) is 2.95. The van der Waals surface area contributed by atoms with E-state index in [4.69, 9.17) is 9.47 Å². The number of allylic oxidation sites excluding steroid dienone is 1. The van der Waals surface area contributed by atoms with Crippen LogP contribution in [0.2, 0.25) is 0 Å². The largest absolute Gasteiger partial charge is 0.493 e. The molecule has 4 heteroatoms. The summed E-state index contributed by atoms with van der Waals surface area (Å²) in [4.78, 5) is 11.3. The van der Waals surface area contributed by atoms with Gasteiger partial charge in [-0.15, -0.1) is 0 Å². The van der Waals surface area contributed by atoms with Crippen molar-refractivity contribution < 1.29 is 19.4 Å². The molecular weight excluding hydrogens is 256 g/mol. The van der Waals surface area contributed by atoms with E-state index in [1.807, 2.05) is 18.2 Å². The van der Waals surface area contributed by atoms with Gasteiger partial charge in [0.05, 0.1) is 14.2 Å². The highest BCUT2D eigenvalue weighted by Crippen LogP contribution is 2.35. The number of aliphatic carboxylic acids is 1. The van der Waals surface area contributed by atoms with Crippen LogP contribution >= 0.6 is 0 Å². The minimum atomic E-state index is -0.790. The fraction of sp³-hybridized carbons (Fsp3) is 0.438. The van der Waals surface area contributed by atoms with Crippen molar-refractivity contribution in [1.82, 2.24) is 0 Å². The standard InChI is InChI=1S/C16H20O4/c1-19-14-9-5-7-12(15(14)20-2)10-11-6-3-4-8-13(11)16(17)18/h5,7,9H,3-4,6,8,10H2,1-2H3,(H,17,18). The maximum Gasteiger partial charge on any atom is 0.331 e. The van der Waals surface area contributed by atoms with Crippen molar-refractivity contribution in [3.63, 3.8) is 0 Å². The molecule has 20 heavy (non-hydrogen) atoms. The summed E-state index contributed by atoms with van der Waals surface area (Å²) < 4.78 is 10.7. The summed E-state index contributed by atoms with van der Waals surface area (Å²) in [5, 5.41) is 9.30. The van der Waals surface area contributed by atoms with Crippen LogP contribution in [0, 0.1) is 0 Å². The fourth-order valence-electron chi connectivity index (χ4n) is 2.74. The van der Waals surface area contributed by atoms with Crippen LogP contribution in [-0.2, 0) is 11.2 Å². The molecule has 0 spiro atoms. The first kappa shape index (κ1) is 14.4. The zero-order valence-corrected chi connectivity index (χ0v) is 11.9. The van der Waals surface area contributed by atoms with Gasteiger partial charge in [0.2, 0.25) is 0 Å². The Kier molecular flexibility index (Phi) is 4.66. The summed E-state index contributed by atoms with van der Waals surface area (Å²) in [6, 6.07) is 5.71. The lowest BCUT2D eigenvalue weighted by Gasteiger charge is -2.19. The number of carboxylic acids is 1. The molecule has 0 saturated heterocycles. The molecule has 0 aromatic heterocycles. The smallest absolute Gasteiger partial charge is 0.331 e. The summed E-state index contributed by atoms with van der Waals surface area (Å²) in [7, 11) is 3.21. The first-order chi connectivity index (χ1) is 9.67. The Bertz CT molecular complexity index is 531. The van der Waals surface area contributed by atoms with Gasteiger partial charge in [0, 0.05) is 11.1 Å². The highest BCUT2D eigenvalue weighted by Gasteiger charge is 2.20. The Hall–Kier alpha value is -1.97. The van der Waals surface area contributed by atoms with Gasteiger partial charge in [0.15, 0.2) is 11.5 Å². The van der Waals surface area contributed by atoms with Crippen LogP contribution < -0.4 is 9.47 Å². The second-order valence-electron chi connectivity index (χ2n) is 4.92. The third-order valence-electron chi connectivity index (χ3n) is 3.73. The molecule has 1 aromatic rings. The third-order valence-corrected chi connectivity index (χ3v) is 3.73. The second kappa shape index (κ2) is 6.46. The number of hydrogen-bond donors (Lipinski definition) is 1. The summed E-state index contributed by atoms with van der Waals surface area (Å²) in [5.74, 6) is 0.581. The van der Waals surface area contributed by atoms with Gasteiger partial charge in [0.25, 0.3) is 0 Å². The number of carbonyl (C=O) groups is 1. The fourth-order valence-corrected chi connectivity index (χ4v) is 2.74. The lowest BCUT2D eigenvalue weighted by atomic mass is 9.87. The molecule has 1 aliphatic carbocycles. The average Bonchev–Trinajstić information content (AvgIpc) is 2.47. The van der Waals surface area contributed by atoms with Gasteiger partial charge in [-0.1, -0.05) is 17.7 Å². The monoisotopic (exact) mass is 276 g/mol. The molecule has 0 atom stereocenters. The van der Waals surface area contributed by atoms with Gasteiger partial charge in [0.1, 0.15) is 0 Å².